The average molecular weight is 465 g/mol. The first-order valence-electron chi connectivity index (χ1n) is 10.3. The number of hydrogen-bond donors (Lipinski definition) is 2. The summed E-state index contributed by atoms with van der Waals surface area (Å²) in [4.78, 5) is 9.96. The lowest BCUT2D eigenvalue weighted by atomic mass is 10.2. The van der Waals surface area contributed by atoms with Crippen molar-refractivity contribution in [2.24, 2.45) is 4.99 Å². The highest BCUT2D eigenvalue weighted by Crippen LogP contribution is 2.26. The maximum absolute atomic E-state index is 4.79. The maximum Gasteiger partial charge on any atom is 0.191 e. The summed E-state index contributed by atoms with van der Waals surface area (Å²) in [5, 5.41) is 7.09. The molecule has 1 aliphatic carbocycles. The van der Waals surface area contributed by atoms with E-state index in [0.717, 1.165) is 51.1 Å². The van der Waals surface area contributed by atoms with Crippen LogP contribution >= 0.6 is 24.0 Å². The monoisotopic (exact) mass is 465 g/mol. The average Bonchev–Trinajstić information content (AvgIpc) is 3.26. The Kier molecular flexibility index (Phi) is 12.1. The van der Waals surface area contributed by atoms with Gasteiger partial charge in [-0.3, -0.25) is 9.89 Å². The van der Waals surface area contributed by atoms with Crippen LogP contribution in [0.4, 0.5) is 0 Å². The van der Waals surface area contributed by atoms with Crippen molar-refractivity contribution < 1.29 is 0 Å². The summed E-state index contributed by atoms with van der Waals surface area (Å²) in [6, 6.07) is 1.41. The Morgan fingerprint density at radius 3 is 2.48 bits per heavy atom. The zero-order valence-electron chi connectivity index (χ0n) is 16.6. The standard InChI is InChI=1S/C19H39N5.HI/c1-4-20-19(21-13-9-14-23(5-2)6-3)22-17-12-15-24(16-17)18-10-7-8-11-18;/h17-18H,4-16H2,1-3H3,(H2,20,21,22);1H. The molecule has 25 heavy (non-hydrogen) atoms. The number of rotatable bonds is 9. The van der Waals surface area contributed by atoms with E-state index in [1.165, 1.54) is 45.2 Å². The molecule has 1 saturated heterocycles. The van der Waals surface area contributed by atoms with Crippen LogP contribution in [0.2, 0.25) is 0 Å². The third kappa shape index (κ3) is 7.99. The van der Waals surface area contributed by atoms with Gasteiger partial charge in [0.15, 0.2) is 5.96 Å². The minimum absolute atomic E-state index is 0. The van der Waals surface area contributed by atoms with Crippen LogP contribution in [-0.2, 0) is 0 Å². The lowest BCUT2D eigenvalue weighted by Crippen LogP contribution is -2.45. The molecule has 2 aliphatic rings. The SMILES string of the molecule is CCNC(=NCCCN(CC)CC)NC1CCN(C2CCCC2)C1.I. The van der Waals surface area contributed by atoms with Crippen LogP contribution in [0.3, 0.4) is 0 Å². The summed E-state index contributed by atoms with van der Waals surface area (Å²) in [5.41, 5.74) is 0. The Bertz CT molecular complexity index is 367. The molecule has 2 rings (SSSR count). The van der Waals surface area contributed by atoms with E-state index >= 15 is 0 Å². The quantitative estimate of drug-likeness (QED) is 0.238. The zero-order chi connectivity index (χ0) is 17.2. The molecule has 148 valence electrons. The van der Waals surface area contributed by atoms with Crippen LogP contribution < -0.4 is 10.6 Å². The summed E-state index contributed by atoms with van der Waals surface area (Å²) in [6.07, 6.45) is 8.06. The molecule has 0 aromatic rings. The Morgan fingerprint density at radius 1 is 1.12 bits per heavy atom. The smallest absolute Gasteiger partial charge is 0.191 e. The van der Waals surface area contributed by atoms with Crippen LogP contribution in [0.1, 0.15) is 59.3 Å². The fourth-order valence-electron chi connectivity index (χ4n) is 4.04. The van der Waals surface area contributed by atoms with Crippen molar-refractivity contribution in [2.45, 2.75) is 71.4 Å². The number of nitrogens with one attached hydrogen (secondary N) is 2. The predicted molar refractivity (Wildman–Crippen MR) is 119 cm³/mol. The lowest BCUT2D eigenvalue weighted by Gasteiger charge is -2.24. The molecule has 0 amide bonds. The van der Waals surface area contributed by atoms with Crippen molar-refractivity contribution in [3.63, 3.8) is 0 Å². The molecule has 0 aromatic heterocycles. The van der Waals surface area contributed by atoms with Gasteiger partial charge in [0.25, 0.3) is 0 Å². The molecule has 0 aromatic carbocycles. The van der Waals surface area contributed by atoms with Crippen molar-refractivity contribution in [1.29, 1.82) is 0 Å². The minimum Gasteiger partial charge on any atom is -0.357 e. The maximum atomic E-state index is 4.79. The van der Waals surface area contributed by atoms with E-state index in [0.29, 0.717) is 6.04 Å². The largest absolute Gasteiger partial charge is 0.357 e. The van der Waals surface area contributed by atoms with Gasteiger partial charge in [-0.05, 0) is 52.2 Å². The van der Waals surface area contributed by atoms with E-state index in [1.807, 2.05) is 0 Å². The molecular weight excluding hydrogens is 425 g/mol. The van der Waals surface area contributed by atoms with Crippen LogP contribution in [0.25, 0.3) is 0 Å². The first-order chi connectivity index (χ1) is 11.8. The molecule has 0 bridgehead atoms. The Hall–Kier alpha value is -0.0800. The van der Waals surface area contributed by atoms with Crippen LogP contribution in [-0.4, -0.2) is 73.7 Å². The Morgan fingerprint density at radius 2 is 1.84 bits per heavy atom. The van der Waals surface area contributed by atoms with Crippen molar-refractivity contribution >= 4 is 29.9 Å². The Labute approximate surface area is 172 Å². The molecule has 1 atom stereocenters. The fourth-order valence-corrected chi connectivity index (χ4v) is 4.04. The highest BCUT2D eigenvalue weighted by molar-refractivity contribution is 14.0. The summed E-state index contributed by atoms with van der Waals surface area (Å²) >= 11 is 0. The zero-order valence-corrected chi connectivity index (χ0v) is 18.9. The molecule has 5 nitrogen and oxygen atoms in total. The molecular formula is C19H40IN5. The van der Waals surface area contributed by atoms with Gasteiger partial charge < -0.3 is 15.5 Å². The second-order valence-corrected chi connectivity index (χ2v) is 7.20. The van der Waals surface area contributed by atoms with E-state index in [4.69, 9.17) is 4.99 Å². The van der Waals surface area contributed by atoms with E-state index < -0.39 is 0 Å². The highest BCUT2D eigenvalue weighted by Gasteiger charge is 2.30. The normalized spacial score (nSPS) is 22.4. The Balaban J connectivity index is 0.00000312. The van der Waals surface area contributed by atoms with Crippen molar-refractivity contribution in [1.82, 2.24) is 20.4 Å². The summed E-state index contributed by atoms with van der Waals surface area (Å²) < 4.78 is 0. The molecule has 0 radical (unpaired) electrons. The van der Waals surface area contributed by atoms with Crippen LogP contribution in [0.5, 0.6) is 0 Å². The number of halogens is 1. The van der Waals surface area contributed by atoms with Gasteiger partial charge >= 0.3 is 0 Å². The second kappa shape index (κ2) is 13.1. The van der Waals surface area contributed by atoms with Gasteiger partial charge in [-0.1, -0.05) is 26.7 Å². The molecule has 1 saturated carbocycles. The van der Waals surface area contributed by atoms with Gasteiger partial charge in [0.1, 0.15) is 0 Å². The second-order valence-electron chi connectivity index (χ2n) is 7.20. The van der Waals surface area contributed by atoms with Crippen molar-refractivity contribution in [2.75, 3.05) is 45.8 Å². The van der Waals surface area contributed by atoms with Crippen LogP contribution in [0.15, 0.2) is 4.99 Å². The molecule has 2 N–H and O–H groups in total. The third-order valence-electron chi connectivity index (χ3n) is 5.54. The lowest BCUT2D eigenvalue weighted by molar-refractivity contribution is 0.242. The number of hydrogen-bond acceptors (Lipinski definition) is 3. The predicted octanol–water partition coefficient (Wildman–Crippen LogP) is 2.91. The first kappa shape index (κ1) is 23.0. The van der Waals surface area contributed by atoms with Gasteiger partial charge in [0.2, 0.25) is 0 Å². The molecule has 1 heterocycles. The molecule has 6 heteroatoms. The van der Waals surface area contributed by atoms with Crippen LogP contribution in [0, 0.1) is 0 Å². The van der Waals surface area contributed by atoms with E-state index in [1.54, 1.807) is 0 Å². The summed E-state index contributed by atoms with van der Waals surface area (Å²) in [5.74, 6) is 1.01. The topological polar surface area (TPSA) is 42.9 Å². The van der Waals surface area contributed by atoms with Gasteiger partial charge in [-0.15, -0.1) is 24.0 Å². The highest BCUT2D eigenvalue weighted by atomic mass is 127. The number of likely N-dealkylation sites (tertiary alicyclic amines) is 1. The molecule has 0 spiro atoms. The van der Waals surface area contributed by atoms with Gasteiger partial charge in [0.05, 0.1) is 0 Å². The summed E-state index contributed by atoms with van der Waals surface area (Å²) in [7, 11) is 0. The minimum atomic E-state index is 0. The van der Waals surface area contributed by atoms with E-state index in [9.17, 15) is 0 Å². The molecule has 1 unspecified atom stereocenters. The number of nitrogens with zero attached hydrogens (tertiary/aromatic N) is 3. The third-order valence-corrected chi connectivity index (χ3v) is 5.54. The van der Waals surface area contributed by atoms with Gasteiger partial charge in [-0.25, -0.2) is 0 Å². The molecule has 2 fully saturated rings. The summed E-state index contributed by atoms with van der Waals surface area (Å²) in [6.45, 7) is 14.3. The van der Waals surface area contributed by atoms with Gasteiger partial charge in [0, 0.05) is 38.3 Å². The fraction of sp³-hybridized carbons (Fsp3) is 0.947. The van der Waals surface area contributed by atoms with E-state index in [2.05, 4.69) is 41.2 Å². The molecule has 1 aliphatic heterocycles. The number of aliphatic imine (C=N–C) groups is 1. The van der Waals surface area contributed by atoms with E-state index in [-0.39, 0.29) is 24.0 Å². The van der Waals surface area contributed by atoms with Crippen molar-refractivity contribution in [3.05, 3.63) is 0 Å². The van der Waals surface area contributed by atoms with Crippen molar-refractivity contribution in [3.8, 4) is 0 Å². The van der Waals surface area contributed by atoms with Gasteiger partial charge in [-0.2, -0.15) is 0 Å². The number of guanidine groups is 1. The first-order valence-corrected chi connectivity index (χ1v) is 10.3.